The first-order valence-corrected chi connectivity index (χ1v) is 9.01. The van der Waals surface area contributed by atoms with E-state index in [-0.39, 0.29) is 18.5 Å². The van der Waals surface area contributed by atoms with Gasteiger partial charge in [0.25, 0.3) is 0 Å². The molecule has 2 aromatic carbocycles. The molecule has 4 aromatic rings. The van der Waals surface area contributed by atoms with Crippen molar-refractivity contribution in [2.75, 3.05) is 4.90 Å². The molecule has 0 bridgehead atoms. The molecular formula is C22H21N3O2. The Kier molecular flexibility index (Phi) is 4.50. The molecule has 0 unspecified atom stereocenters. The van der Waals surface area contributed by atoms with Crippen LogP contribution in [0, 0.1) is 0 Å². The summed E-state index contributed by atoms with van der Waals surface area (Å²) in [5, 5.41) is 0. The van der Waals surface area contributed by atoms with E-state index in [0.29, 0.717) is 11.6 Å². The summed E-state index contributed by atoms with van der Waals surface area (Å²) in [7, 11) is 0. The quantitative estimate of drug-likeness (QED) is 0.517. The highest BCUT2D eigenvalue weighted by molar-refractivity contribution is 5.95. The van der Waals surface area contributed by atoms with Crippen molar-refractivity contribution in [1.82, 2.24) is 9.55 Å². The highest BCUT2D eigenvalue weighted by Gasteiger charge is 2.23. The fourth-order valence-corrected chi connectivity index (χ4v) is 3.36. The second-order valence-corrected chi connectivity index (χ2v) is 6.68. The molecule has 4 rings (SSSR count). The number of benzene rings is 2. The number of anilines is 1. The standard InChI is InChI=1S/C22H21N3O2/c1-16(2)25(17-9-4-3-5-10-17)21(26)15-24-19-12-7-6-11-18(19)23-22(24)20-13-8-14-27-20/h3-14,16H,15H2,1-2H3. The van der Waals surface area contributed by atoms with Gasteiger partial charge in [0.05, 0.1) is 17.3 Å². The van der Waals surface area contributed by atoms with Crippen LogP contribution in [0.4, 0.5) is 5.69 Å². The number of fused-ring (bicyclic) bond motifs is 1. The highest BCUT2D eigenvalue weighted by atomic mass is 16.3. The largest absolute Gasteiger partial charge is 0.461 e. The molecule has 2 heterocycles. The molecule has 5 heteroatoms. The summed E-state index contributed by atoms with van der Waals surface area (Å²) in [6.07, 6.45) is 1.62. The number of hydrogen-bond acceptors (Lipinski definition) is 3. The molecule has 0 radical (unpaired) electrons. The Morgan fingerprint density at radius 3 is 2.48 bits per heavy atom. The summed E-state index contributed by atoms with van der Waals surface area (Å²) < 4.78 is 7.48. The van der Waals surface area contributed by atoms with Crippen molar-refractivity contribution < 1.29 is 9.21 Å². The van der Waals surface area contributed by atoms with Gasteiger partial charge in [-0.15, -0.1) is 0 Å². The number of imidazole rings is 1. The first-order valence-electron chi connectivity index (χ1n) is 9.01. The lowest BCUT2D eigenvalue weighted by Crippen LogP contribution is -2.39. The van der Waals surface area contributed by atoms with E-state index in [1.54, 1.807) is 6.26 Å². The monoisotopic (exact) mass is 359 g/mol. The van der Waals surface area contributed by atoms with Gasteiger partial charge < -0.3 is 13.9 Å². The van der Waals surface area contributed by atoms with Crippen LogP contribution < -0.4 is 4.90 Å². The first-order chi connectivity index (χ1) is 13.1. The Hall–Kier alpha value is -3.34. The predicted molar refractivity (Wildman–Crippen MR) is 106 cm³/mol. The summed E-state index contributed by atoms with van der Waals surface area (Å²) >= 11 is 0. The third kappa shape index (κ3) is 3.24. The van der Waals surface area contributed by atoms with Crippen molar-refractivity contribution in [3.63, 3.8) is 0 Å². The van der Waals surface area contributed by atoms with E-state index in [0.717, 1.165) is 16.7 Å². The van der Waals surface area contributed by atoms with Crippen LogP contribution in [-0.4, -0.2) is 21.5 Å². The zero-order chi connectivity index (χ0) is 18.8. The van der Waals surface area contributed by atoms with Gasteiger partial charge in [0.15, 0.2) is 11.6 Å². The average Bonchev–Trinajstić information content (AvgIpc) is 3.31. The summed E-state index contributed by atoms with van der Waals surface area (Å²) in [4.78, 5) is 19.8. The van der Waals surface area contributed by atoms with Gasteiger partial charge in [-0.05, 0) is 50.2 Å². The minimum Gasteiger partial charge on any atom is -0.461 e. The van der Waals surface area contributed by atoms with Crippen LogP contribution in [0.1, 0.15) is 13.8 Å². The molecule has 0 aliphatic rings. The van der Waals surface area contributed by atoms with Crippen LogP contribution in [0.3, 0.4) is 0 Å². The average molecular weight is 359 g/mol. The molecule has 5 nitrogen and oxygen atoms in total. The Balaban J connectivity index is 1.76. The second kappa shape index (κ2) is 7.11. The lowest BCUT2D eigenvalue weighted by atomic mass is 10.2. The van der Waals surface area contributed by atoms with E-state index >= 15 is 0 Å². The molecule has 0 fully saturated rings. The Morgan fingerprint density at radius 2 is 1.78 bits per heavy atom. The van der Waals surface area contributed by atoms with Crippen molar-refractivity contribution in [1.29, 1.82) is 0 Å². The van der Waals surface area contributed by atoms with Gasteiger partial charge in [-0.2, -0.15) is 0 Å². The lowest BCUT2D eigenvalue weighted by Gasteiger charge is -2.27. The van der Waals surface area contributed by atoms with Crippen molar-refractivity contribution in [2.24, 2.45) is 0 Å². The number of hydrogen-bond donors (Lipinski definition) is 0. The molecule has 0 saturated heterocycles. The maximum Gasteiger partial charge on any atom is 0.247 e. The highest BCUT2D eigenvalue weighted by Crippen LogP contribution is 2.26. The molecule has 0 aliphatic heterocycles. The van der Waals surface area contributed by atoms with Gasteiger partial charge in [0.2, 0.25) is 5.91 Å². The molecule has 0 aliphatic carbocycles. The smallest absolute Gasteiger partial charge is 0.247 e. The van der Waals surface area contributed by atoms with E-state index in [2.05, 4.69) is 4.98 Å². The molecule has 0 saturated carbocycles. The number of nitrogens with zero attached hydrogens (tertiary/aromatic N) is 3. The number of aromatic nitrogens is 2. The van der Waals surface area contributed by atoms with E-state index < -0.39 is 0 Å². The van der Waals surface area contributed by atoms with Gasteiger partial charge in [-0.1, -0.05) is 30.3 Å². The Labute approximate surface area is 157 Å². The Bertz CT molecular complexity index is 1050. The van der Waals surface area contributed by atoms with Gasteiger partial charge in [-0.3, -0.25) is 4.79 Å². The third-order valence-corrected chi connectivity index (χ3v) is 4.51. The molecule has 0 N–H and O–H groups in total. The number of carbonyl (C=O) groups is 1. The van der Waals surface area contributed by atoms with E-state index in [4.69, 9.17) is 4.42 Å². The van der Waals surface area contributed by atoms with Crippen molar-refractivity contribution in [2.45, 2.75) is 26.4 Å². The van der Waals surface area contributed by atoms with Crippen LogP contribution in [0.2, 0.25) is 0 Å². The number of para-hydroxylation sites is 3. The molecule has 1 amide bonds. The van der Waals surface area contributed by atoms with Gasteiger partial charge in [-0.25, -0.2) is 4.98 Å². The van der Waals surface area contributed by atoms with Crippen LogP contribution in [0.5, 0.6) is 0 Å². The fraction of sp³-hybridized carbons (Fsp3) is 0.182. The van der Waals surface area contributed by atoms with Crippen molar-refractivity contribution in [3.8, 4) is 11.6 Å². The van der Waals surface area contributed by atoms with E-state index in [1.165, 1.54) is 0 Å². The van der Waals surface area contributed by atoms with Crippen molar-refractivity contribution >= 4 is 22.6 Å². The van der Waals surface area contributed by atoms with Crippen LogP contribution in [0.25, 0.3) is 22.6 Å². The minimum atomic E-state index is 0.00663. The molecule has 0 atom stereocenters. The van der Waals surface area contributed by atoms with Gasteiger partial charge in [0, 0.05) is 11.7 Å². The predicted octanol–water partition coefficient (Wildman–Crippen LogP) is 4.74. The van der Waals surface area contributed by atoms with Crippen molar-refractivity contribution in [3.05, 3.63) is 73.0 Å². The number of furan rings is 1. The summed E-state index contributed by atoms with van der Waals surface area (Å²) in [5.41, 5.74) is 2.64. The van der Waals surface area contributed by atoms with Gasteiger partial charge in [0.1, 0.15) is 6.54 Å². The normalized spacial score (nSPS) is 11.2. The molecule has 27 heavy (non-hydrogen) atoms. The van der Waals surface area contributed by atoms with E-state index in [9.17, 15) is 4.79 Å². The first kappa shape index (κ1) is 17.1. The molecule has 2 aromatic heterocycles. The minimum absolute atomic E-state index is 0.00663. The number of carbonyl (C=O) groups excluding carboxylic acids is 1. The maximum atomic E-state index is 13.3. The second-order valence-electron chi connectivity index (χ2n) is 6.68. The number of amides is 1. The SMILES string of the molecule is CC(C)N(C(=O)Cn1c(-c2ccco2)nc2ccccc21)c1ccccc1. The molecule has 136 valence electrons. The summed E-state index contributed by atoms with van der Waals surface area (Å²) in [6.45, 7) is 4.22. The maximum absolute atomic E-state index is 13.3. The summed E-state index contributed by atoms with van der Waals surface area (Å²) in [5.74, 6) is 1.31. The van der Waals surface area contributed by atoms with E-state index in [1.807, 2.05) is 90.0 Å². The van der Waals surface area contributed by atoms with Gasteiger partial charge >= 0.3 is 0 Å². The van der Waals surface area contributed by atoms with Crippen LogP contribution >= 0.6 is 0 Å². The van der Waals surface area contributed by atoms with Crippen LogP contribution in [-0.2, 0) is 11.3 Å². The molecule has 0 spiro atoms. The molecular weight excluding hydrogens is 338 g/mol. The zero-order valence-electron chi connectivity index (χ0n) is 15.4. The lowest BCUT2D eigenvalue weighted by molar-refractivity contribution is -0.119. The topological polar surface area (TPSA) is 51.3 Å². The summed E-state index contributed by atoms with van der Waals surface area (Å²) in [6, 6.07) is 21.3. The van der Waals surface area contributed by atoms with Crippen LogP contribution in [0.15, 0.2) is 77.4 Å². The Morgan fingerprint density at radius 1 is 1.04 bits per heavy atom. The zero-order valence-corrected chi connectivity index (χ0v) is 15.4. The number of rotatable bonds is 5. The third-order valence-electron chi connectivity index (χ3n) is 4.51. The fourth-order valence-electron chi connectivity index (χ4n) is 3.36.